The van der Waals surface area contributed by atoms with Crippen LogP contribution in [0.1, 0.15) is 45.4 Å². The van der Waals surface area contributed by atoms with Gasteiger partial charge in [0.15, 0.2) is 0 Å². The summed E-state index contributed by atoms with van der Waals surface area (Å²) < 4.78 is 0. The molecule has 0 aliphatic carbocycles. The largest absolute Gasteiger partial charge is 0.396 e. The van der Waals surface area contributed by atoms with Gasteiger partial charge in [-0.15, -0.1) is 0 Å². The zero-order valence-electron chi connectivity index (χ0n) is 10.6. The molecule has 3 unspecified atom stereocenters. The van der Waals surface area contributed by atoms with E-state index in [1.54, 1.807) is 0 Å². The molecular weight excluding hydrogens is 216 g/mol. The quantitative estimate of drug-likeness (QED) is 0.666. The Bertz CT molecular complexity index is 258. The molecule has 3 N–H and O–H groups in total. The van der Waals surface area contributed by atoms with Gasteiger partial charge in [0, 0.05) is 31.2 Å². The Labute approximate surface area is 103 Å². The summed E-state index contributed by atoms with van der Waals surface area (Å²) in [5.74, 6) is 0.701. The highest BCUT2D eigenvalue weighted by Crippen LogP contribution is 2.32. The van der Waals surface area contributed by atoms with Crippen molar-refractivity contribution in [1.29, 1.82) is 0 Å². The predicted octanol–water partition coefficient (Wildman–Crippen LogP) is 0.794. The Kier molecular flexibility index (Phi) is 4.40. The average Bonchev–Trinajstić information content (AvgIpc) is 2.58. The van der Waals surface area contributed by atoms with Crippen molar-refractivity contribution in [2.75, 3.05) is 6.61 Å². The normalized spacial score (nSPS) is 33.4. The summed E-state index contributed by atoms with van der Waals surface area (Å²) in [4.78, 5) is 11.8. The summed E-state index contributed by atoms with van der Waals surface area (Å²) in [7, 11) is 0. The van der Waals surface area contributed by atoms with Crippen LogP contribution in [0.5, 0.6) is 0 Å². The van der Waals surface area contributed by atoms with Gasteiger partial charge < -0.3 is 15.7 Å². The molecule has 2 heterocycles. The van der Waals surface area contributed by atoms with E-state index < -0.39 is 0 Å². The fourth-order valence-electron chi connectivity index (χ4n) is 3.20. The van der Waals surface area contributed by atoms with E-state index >= 15 is 0 Å². The first-order valence-corrected chi connectivity index (χ1v) is 6.83. The molecule has 0 radical (unpaired) electrons. The summed E-state index contributed by atoms with van der Waals surface area (Å²) >= 11 is 0. The number of carbonyl (C=O) groups excluding carboxylic acids is 1. The standard InChI is InChI=1S/C13H24N2O2/c1-9(4-5-16)14-13(17)8-10-6-11-2-3-12(7-10)15-11/h9-12,15-16H,2-8H2,1H3,(H,14,17). The second-order valence-electron chi connectivity index (χ2n) is 5.66. The molecule has 0 aromatic rings. The molecule has 3 atom stereocenters. The molecule has 2 fully saturated rings. The number of piperidine rings is 1. The maximum Gasteiger partial charge on any atom is 0.220 e. The molecule has 0 aromatic carbocycles. The van der Waals surface area contributed by atoms with E-state index in [2.05, 4.69) is 10.6 Å². The highest BCUT2D eigenvalue weighted by atomic mass is 16.3. The van der Waals surface area contributed by atoms with E-state index in [-0.39, 0.29) is 18.6 Å². The van der Waals surface area contributed by atoms with Gasteiger partial charge in [-0.3, -0.25) is 4.79 Å². The van der Waals surface area contributed by atoms with E-state index in [1.165, 1.54) is 12.8 Å². The molecule has 2 bridgehead atoms. The fraction of sp³-hybridized carbons (Fsp3) is 0.923. The minimum absolute atomic E-state index is 0.0888. The van der Waals surface area contributed by atoms with Crippen molar-refractivity contribution in [3.63, 3.8) is 0 Å². The third kappa shape index (κ3) is 3.68. The zero-order valence-corrected chi connectivity index (χ0v) is 10.6. The van der Waals surface area contributed by atoms with Gasteiger partial charge in [-0.2, -0.15) is 0 Å². The first-order chi connectivity index (χ1) is 8.17. The van der Waals surface area contributed by atoms with Crippen LogP contribution in [0.2, 0.25) is 0 Å². The number of aliphatic hydroxyl groups excluding tert-OH is 1. The maximum absolute atomic E-state index is 11.8. The molecule has 4 nitrogen and oxygen atoms in total. The SMILES string of the molecule is CC(CCO)NC(=O)CC1CC2CCC(C1)N2. The van der Waals surface area contributed by atoms with Crippen LogP contribution < -0.4 is 10.6 Å². The van der Waals surface area contributed by atoms with Crippen LogP contribution in [0, 0.1) is 5.92 Å². The molecule has 98 valence electrons. The van der Waals surface area contributed by atoms with Crippen LogP contribution in [0.25, 0.3) is 0 Å². The van der Waals surface area contributed by atoms with E-state index in [9.17, 15) is 4.79 Å². The molecule has 2 saturated heterocycles. The fourth-order valence-corrected chi connectivity index (χ4v) is 3.20. The van der Waals surface area contributed by atoms with Gasteiger partial charge in [-0.25, -0.2) is 0 Å². The second kappa shape index (κ2) is 5.83. The summed E-state index contributed by atoms with van der Waals surface area (Å²) in [6.07, 6.45) is 6.16. The Balaban J connectivity index is 1.71. The van der Waals surface area contributed by atoms with Gasteiger partial charge >= 0.3 is 0 Å². The molecule has 4 heteroatoms. The van der Waals surface area contributed by atoms with E-state index in [0.717, 1.165) is 12.8 Å². The van der Waals surface area contributed by atoms with Crippen LogP contribution in [0.4, 0.5) is 0 Å². The summed E-state index contributed by atoms with van der Waals surface area (Å²) in [5.41, 5.74) is 0. The van der Waals surface area contributed by atoms with Crippen LogP contribution in [0.15, 0.2) is 0 Å². The van der Waals surface area contributed by atoms with Crippen molar-refractivity contribution in [3.05, 3.63) is 0 Å². The molecule has 0 spiro atoms. The van der Waals surface area contributed by atoms with Gasteiger partial charge in [-0.05, 0) is 44.9 Å². The first-order valence-electron chi connectivity index (χ1n) is 6.83. The summed E-state index contributed by atoms with van der Waals surface area (Å²) in [6.45, 7) is 2.08. The number of fused-ring (bicyclic) bond motifs is 2. The highest BCUT2D eigenvalue weighted by Gasteiger charge is 2.34. The lowest BCUT2D eigenvalue weighted by Crippen LogP contribution is -2.41. The van der Waals surface area contributed by atoms with Crippen LogP contribution >= 0.6 is 0 Å². The van der Waals surface area contributed by atoms with Crippen molar-refractivity contribution >= 4 is 5.91 Å². The highest BCUT2D eigenvalue weighted by molar-refractivity contribution is 5.76. The van der Waals surface area contributed by atoms with E-state index in [1.807, 2.05) is 6.92 Å². The smallest absolute Gasteiger partial charge is 0.220 e. The van der Waals surface area contributed by atoms with Gasteiger partial charge in [-0.1, -0.05) is 0 Å². The molecule has 2 aliphatic heterocycles. The number of rotatable bonds is 5. The van der Waals surface area contributed by atoms with Crippen LogP contribution in [0.3, 0.4) is 0 Å². The topological polar surface area (TPSA) is 61.4 Å². The lowest BCUT2D eigenvalue weighted by Gasteiger charge is -2.29. The predicted molar refractivity (Wildman–Crippen MR) is 66.6 cm³/mol. The number of hydrogen-bond donors (Lipinski definition) is 3. The average molecular weight is 240 g/mol. The Morgan fingerprint density at radius 2 is 2.06 bits per heavy atom. The van der Waals surface area contributed by atoms with Gasteiger partial charge in [0.2, 0.25) is 5.91 Å². The Morgan fingerprint density at radius 1 is 1.41 bits per heavy atom. The third-order valence-electron chi connectivity index (χ3n) is 4.01. The molecule has 2 rings (SSSR count). The van der Waals surface area contributed by atoms with Crippen molar-refractivity contribution in [1.82, 2.24) is 10.6 Å². The summed E-state index contributed by atoms with van der Waals surface area (Å²) in [5, 5.41) is 15.3. The van der Waals surface area contributed by atoms with E-state index in [4.69, 9.17) is 5.11 Å². The molecule has 17 heavy (non-hydrogen) atoms. The monoisotopic (exact) mass is 240 g/mol. The lowest BCUT2D eigenvalue weighted by atomic mass is 9.89. The van der Waals surface area contributed by atoms with Gasteiger partial charge in [0.05, 0.1) is 0 Å². The number of nitrogens with one attached hydrogen (secondary N) is 2. The Morgan fingerprint density at radius 3 is 2.65 bits per heavy atom. The lowest BCUT2D eigenvalue weighted by molar-refractivity contribution is -0.122. The van der Waals surface area contributed by atoms with Crippen molar-refractivity contribution in [2.24, 2.45) is 5.92 Å². The maximum atomic E-state index is 11.8. The van der Waals surface area contributed by atoms with Crippen molar-refractivity contribution < 1.29 is 9.90 Å². The first kappa shape index (κ1) is 12.8. The van der Waals surface area contributed by atoms with E-state index in [0.29, 0.717) is 30.8 Å². The molecule has 1 amide bonds. The minimum Gasteiger partial charge on any atom is -0.396 e. The second-order valence-corrected chi connectivity index (χ2v) is 5.66. The summed E-state index contributed by atoms with van der Waals surface area (Å²) in [6, 6.07) is 1.40. The molecule has 2 aliphatic rings. The minimum atomic E-state index is 0.0888. The van der Waals surface area contributed by atoms with Crippen LogP contribution in [-0.4, -0.2) is 35.7 Å². The third-order valence-corrected chi connectivity index (χ3v) is 4.01. The van der Waals surface area contributed by atoms with Crippen LogP contribution in [-0.2, 0) is 4.79 Å². The zero-order chi connectivity index (χ0) is 12.3. The van der Waals surface area contributed by atoms with Gasteiger partial charge in [0.1, 0.15) is 0 Å². The Hall–Kier alpha value is -0.610. The number of amides is 1. The molecular formula is C13H24N2O2. The molecule has 0 saturated carbocycles. The number of hydrogen-bond acceptors (Lipinski definition) is 3. The number of aliphatic hydroxyl groups is 1. The van der Waals surface area contributed by atoms with Crippen molar-refractivity contribution in [3.8, 4) is 0 Å². The number of carbonyl (C=O) groups is 1. The van der Waals surface area contributed by atoms with Gasteiger partial charge in [0.25, 0.3) is 0 Å². The van der Waals surface area contributed by atoms with Crippen molar-refractivity contribution in [2.45, 2.75) is 63.6 Å². The molecule has 0 aromatic heterocycles.